The summed E-state index contributed by atoms with van der Waals surface area (Å²) < 4.78 is 35.2. The van der Waals surface area contributed by atoms with Crippen molar-refractivity contribution in [3.05, 3.63) is 66.1 Å². The number of rotatable bonds is 5. The van der Waals surface area contributed by atoms with Crippen LogP contribution in [0.4, 0.5) is 0 Å². The van der Waals surface area contributed by atoms with Crippen LogP contribution in [0.15, 0.2) is 59.9 Å². The summed E-state index contributed by atoms with van der Waals surface area (Å²) in [6, 6.07) is 10.2. The van der Waals surface area contributed by atoms with Crippen LogP contribution in [0.2, 0.25) is 0 Å². The Bertz CT molecular complexity index is 1200. The summed E-state index contributed by atoms with van der Waals surface area (Å²) in [5.74, 6) is -0.208. The van der Waals surface area contributed by atoms with E-state index < -0.39 is 10.0 Å². The van der Waals surface area contributed by atoms with E-state index in [1.807, 2.05) is 0 Å². The van der Waals surface area contributed by atoms with Gasteiger partial charge in [0.15, 0.2) is 0 Å². The van der Waals surface area contributed by atoms with Crippen molar-refractivity contribution in [2.75, 3.05) is 26.2 Å². The number of carbonyl (C=O) groups excluding carboxylic acids is 1. The average Bonchev–Trinajstić information content (AvgIpc) is 3.25. The maximum absolute atomic E-state index is 13.0. The number of nitrogens with zero attached hydrogens (tertiary/aromatic N) is 3. The van der Waals surface area contributed by atoms with Crippen molar-refractivity contribution in [3.8, 4) is 0 Å². The van der Waals surface area contributed by atoms with Crippen molar-refractivity contribution in [2.45, 2.75) is 23.6 Å². The minimum Gasteiger partial charge on any atom is -0.370 e. The first-order valence-corrected chi connectivity index (χ1v) is 11.6. The lowest BCUT2D eigenvalue weighted by Crippen LogP contribution is -2.59. The fourth-order valence-electron chi connectivity index (χ4n) is 3.98. The van der Waals surface area contributed by atoms with E-state index in [-0.39, 0.29) is 23.0 Å². The zero-order valence-corrected chi connectivity index (χ0v) is 17.6. The molecule has 4 heterocycles. The molecule has 2 aliphatic rings. The maximum atomic E-state index is 13.0. The van der Waals surface area contributed by atoms with Gasteiger partial charge in [-0.25, -0.2) is 13.4 Å². The Morgan fingerprint density at radius 3 is 2.61 bits per heavy atom. The number of aromatic nitrogens is 2. The van der Waals surface area contributed by atoms with E-state index in [2.05, 4.69) is 15.6 Å². The van der Waals surface area contributed by atoms with Gasteiger partial charge in [-0.05, 0) is 29.8 Å². The van der Waals surface area contributed by atoms with E-state index in [0.717, 1.165) is 11.2 Å². The molecular formula is C21H23N5O4S. The lowest BCUT2D eigenvalue weighted by molar-refractivity contribution is -0.0824. The molecule has 2 saturated heterocycles. The Kier molecular flexibility index (Phi) is 5.22. The number of benzene rings is 1. The molecule has 2 aromatic heterocycles. The van der Waals surface area contributed by atoms with Crippen LogP contribution >= 0.6 is 0 Å². The highest BCUT2D eigenvalue weighted by atomic mass is 32.2. The highest BCUT2D eigenvalue weighted by Gasteiger charge is 2.37. The van der Waals surface area contributed by atoms with Crippen LogP contribution in [0, 0.1) is 0 Å². The summed E-state index contributed by atoms with van der Waals surface area (Å²) in [4.78, 5) is 16.9. The fraction of sp³-hybridized carbons (Fsp3) is 0.333. The largest absolute Gasteiger partial charge is 0.370 e. The molecule has 2 fully saturated rings. The highest BCUT2D eigenvalue weighted by Crippen LogP contribution is 2.23. The van der Waals surface area contributed by atoms with Crippen LogP contribution in [0.3, 0.4) is 0 Å². The molecule has 1 amide bonds. The zero-order valence-electron chi connectivity index (χ0n) is 16.8. The fourth-order valence-corrected chi connectivity index (χ4v) is 5.48. The molecule has 2 N–H and O–H groups in total. The Morgan fingerprint density at radius 1 is 1.13 bits per heavy atom. The van der Waals surface area contributed by atoms with E-state index in [9.17, 15) is 13.2 Å². The molecule has 0 spiro atoms. The summed E-state index contributed by atoms with van der Waals surface area (Å²) in [7, 11) is -3.58. The Morgan fingerprint density at radius 2 is 1.87 bits per heavy atom. The molecule has 0 radical (unpaired) electrons. The number of pyridine rings is 1. The number of hydrogen-bond donors (Lipinski definition) is 2. The van der Waals surface area contributed by atoms with Crippen molar-refractivity contribution < 1.29 is 17.9 Å². The third kappa shape index (κ3) is 4.07. The summed E-state index contributed by atoms with van der Waals surface area (Å²) in [5.41, 5.74) is 2.12. The number of ether oxygens (including phenoxy) is 1. The molecular weight excluding hydrogens is 418 g/mol. The van der Waals surface area contributed by atoms with Crippen molar-refractivity contribution in [3.63, 3.8) is 0 Å². The molecule has 3 aromatic rings. The van der Waals surface area contributed by atoms with Gasteiger partial charge >= 0.3 is 0 Å². The van der Waals surface area contributed by atoms with Crippen molar-refractivity contribution in [1.82, 2.24) is 24.3 Å². The van der Waals surface area contributed by atoms with Crippen LogP contribution in [0.5, 0.6) is 0 Å². The predicted octanol–water partition coefficient (Wildman–Crippen LogP) is 0.626. The second kappa shape index (κ2) is 8.04. The first kappa shape index (κ1) is 20.1. The third-order valence-corrected chi connectivity index (χ3v) is 7.45. The van der Waals surface area contributed by atoms with Gasteiger partial charge in [0.25, 0.3) is 5.91 Å². The van der Waals surface area contributed by atoms with Crippen molar-refractivity contribution >= 4 is 21.6 Å². The van der Waals surface area contributed by atoms with Crippen molar-refractivity contribution in [2.24, 2.45) is 0 Å². The van der Waals surface area contributed by atoms with Gasteiger partial charge in [-0.1, -0.05) is 12.1 Å². The Labute approximate surface area is 180 Å². The number of imidazole rings is 1. The molecule has 2 atom stereocenters. The number of morpholine rings is 2. The zero-order chi connectivity index (χ0) is 21.4. The molecule has 9 nitrogen and oxygen atoms in total. The minimum atomic E-state index is -3.58. The average molecular weight is 442 g/mol. The quantitative estimate of drug-likeness (QED) is 0.602. The van der Waals surface area contributed by atoms with Gasteiger partial charge in [0.05, 0.1) is 22.7 Å². The molecule has 5 rings (SSSR count). The van der Waals surface area contributed by atoms with E-state index in [1.165, 1.54) is 4.31 Å². The van der Waals surface area contributed by atoms with Gasteiger partial charge in [0, 0.05) is 51.3 Å². The first-order chi connectivity index (χ1) is 15.0. The SMILES string of the molecule is O=C(NCc1ccc(S(=O)(=O)N2CC3CNCC(C2)O3)cc1)c1ccc2nccn2c1. The number of sulfonamides is 1. The number of amides is 1. The predicted molar refractivity (Wildman–Crippen MR) is 113 cm³/mol. The smallest absolute Gasteiger partial charge is 0.253 e. The van der Waals surface area contributed by atoms with E-state index in [4.69, 9.17) is 4.74 Å². The standard InChI is InChI=1S/C21H23N5O4S/c27-21(16-3-6-20-23-7-8-25(20)12-16)24-9-15-1-4-19(5-2-15)31(28,29)26-13-17-10-22-11-18(14-26)30-17/h1-8,12,17-18,22H,9-11,13-14H2,(H,24,27). The number of carbonyl (C=O) groups is 1. The van der Waals surface area contributed by atoms with Gasteiger partial charge in [0.1, 0.15) is 5.65 Å². The van der Waals surface area contributed by atoms with Crippen LogP contribution in [-0.4, -0.2) is 66.4 Å². The Balaban J connectivity index is 1.23. The molecule has 2 unspecified atom stereocenters. The summed E-state index contributed by atoms with van der Waals surface area (Å²) in [6.07, 6.45) is 4.95. The summed E-state index contributed by atoms with van der Waals surface area (Å²) in [6.45, 7) is 2.33. The van der Waals surface area contributed by atoms with Crippen LogP contribution in [-0.2, 0) is 21.3 Å². The second-order valence-corrected chi connectivity index (χ2v) is 9.74. The van der Waals surface area contributed by atoms with Gasteiger partial charge < -0.3 is 19.8 Å². The molecule has 0 saturated carbocycles. The molecule has 31 heavy (non-hydrogen) atoms. The van der Waals surface area contributed by atoms with E-state index in [0.29, 0.717) is 38.3 Å². The molecule has 2 aliphatic heterocycles. The minimum absolute atomic E-state index is 0.113. The molecule has 162 valence electrons. The summed E-state index contributed by atoms with van der Waals surface area (Å²) in [5, 5.41) is 6.13. The molecule has 10 heteroatoms. The van der Waals surface area contributed by atoms with E-state index in [1.54, 1.807) is 59.4 Å². The summed E-state index contributed by atoms with van der Waals surface area (Å²) >= 11 is 0. The van der Waals surface area contributed by atoms with Gasteiger partial charge in [0.2, 0.25) is 10.0 Å². The third-order valence-electron chi connectivity index (χ3n) is 5.61. The van der Waals surface area contributed by atoms with Gasteiger partial charge in [-0.3, -0.25) is 4.79 Å². The highest BCUT2D eigenvalue weighted by molar-refractivity contribution is 7.89. The molecule has 0 aliphatic carbocycles. The molecule has 2 bridgehead atoms. The maximum Gasteiger partial charge on any atom is 0.253 e. The van der Waals surface area contributed by atoms with Crippen LogP contribution in [0.1, 0.15) is 15.9 Å². The molecule has 1 aromatic carbocycles. The second-order valence-electron chi connectivity index (χ2n) is 7.80. The first-order valence-electron chi connectivity index (χ1n) is 10.2. The van der Waals surface area contributed by atoms with Gasteiger partial charge in [-0.2, -0.15) is 4.31 Å². The number of fused-ring (bicyclic) bond motifs is 3. The van der Waals surface area contributed by atoms with Crippen LogP contribution < -0.4 is 10.6 Å². The Hall–Kier alpha value is -2.79. The topological polar surface area (TPSA) is 105 Å². The van der Waals surface area contributed by atoms with Crippen LogP contribution in [0.25, 0.3) is 5.65 Å². The van der Waals surface area contributed by atoms with Gasteiger partial charge in [-0.15, -0.1) is 0 Å². The normalized spacial score (nSPS) is 21.8. The number of hydrogen-bond acceptors (Lipinski definition) is 6. The lowest BCUT2D eigenvalue weighted by Gasteiger charge is -2.41. The van der Waals surface area contributed by atoms with E-state index >= 15 is 0 Å². The number of nitrogens with one attached hydrogen (secondary N) is 2. The lowest BCUT2D eigenvalue weighted by atomic mass is 10.2. The monoisotopic (exact) mass is 441 g/mol. The van der Waals surface area contributed by atoms with Crippen molar-refractivity contribution in [1.29, 1.82) is 0 Å².